The van der Waals surface area contributed by atoms with Crippen molar-refractivity contribution in [2.75, 3.05) is 6.54 Å². The first-order valence-corrected chi connectivity index (χ1v) is 4.51. The van der Waals surface area contributed by atoms with Crippen LogP contribution in [0.2, 0.25) is 0 Å². The molecule has 1 aromatic heterocycles. The lowest BCUT2D eigenvalue weighted by Crippen LogP contribution is -2.36. The zero-order valence-electron chi connectivity index (χ0n) is 7.88. The summed E-state index contributed by atoms with van der Waals surface area (Å²) in [7, 11) is 0. The lowest BCUT2D eigenvalue weighted by Gasteiger charge is -2.24. The fourth-order valence-corrected chi connectivity index (χ4v) is 1.60. The summed E-state index contributed by atoms with van der Waals surface area (Å²) in [6, 6.07) is 1.13. The Morgan fingerprint density at radius 1 is 1.40 bits per heavy atom. The molecule has 2 N–H and O–H groups in total. The molecule has 1 aliphatic rings. The normalized spacial score (nSPS) is 17.6. The average molecular weight is 217 g/mol. The number of pyridine rings is 1. The average Bonchev–Trinajstić information content (AvgIpc) is 2.15. The number of halogens is 3. The predicted molar refractivity (Wildman–Crippen MR) is 47.5 cm³/mol. The van der Waals surface area contributed by atoms with Crippen LogP contribution in [0.5, 0.6) is 0 Å². The number of nitrogens with zero attached hydrogens (tertiary/aromatic N) is 2. The van der Waals surface area contributed by atoms with Gasteiger partial charge in [0, 0.05) is 31.4 Å². The minimum Gasteiger partial charge on any atom is -0.268 e. The van der Waals surface area contributed by atoms with E-state index < -0.39 is 11.7 Å². The summed E-state index contributed by atoms with van der Waals surface area (Å²) in [5.41, 5.74) is 0.569. The van der Waals surface area contributed by atoms with E-state index in [1.54, 1.807) is 0 Å². The minimum absolute atomic E-state index is 0.326. The van der Waals surface area contributed by atoms with Crippen molar-refractivity contribution in [1.29, 1.82) is 0 Å². The van der Waals surface area contributed by atoms with Gasteiger partial charge in [-0.05, 0) is 11.6 Å². The van der Waals surface area contributed by atoms with Crippen LogP contribution in [-0.2, 0) is 19.1 Å². The van der Waals surface area contributed by atoms with Crippen molar-refractivity contribution in [3.63, 3.8) is 0 Å². The van der Waals surface area contributed by atoms with Crippen molar-refractivity contribution < 1.29 is 13.2 Å². The largest absolute Gasteiger partial charge is 0.417 e. The number of rotatable bonds is 0. The van der Waals surface area contributed by atoms with Crippen LogP contribution in [0, 0.1) is 0 Å². The van der Waals surface area contributed by atoms with Gasteiger partial charge in [0.2, 0.25) is 0 Å². The molecule has 0 spiro atoms. The van der Waals surface area contributed by atoms with Crippen molar-refractivity contribution in [3.8, 4) is 0 Å². The first-order chi connectivity index (χ1) is 6.97. The molecule has 0 radical (unpaired) electrons. The minimum atomic E-state index is -4.33. The molecule has 0 saturated heterocycles. The fourth-order valence-electron chi connectivity index (χ4n) is 1.60. The van der Waals surface area contributed by atoms with Gasteiger partial charge in [-0.25, -0.2) is 5.01 Å². The highest BCUT2D eigenvalue weighted by Gasteiger charge is 2.32. The molecule has 3 nitrogen and oxygen atoms in total. The molecule has 0 fully saturated rings. The summed E-state index contributed by atoms with van der Waals surface area (Å²) < 4.78 is 37.1. The number of fused-ring (bicyclic) bond motifs is 1. The van der Waals surface area contributed by atoms with Crippen LogP contribution in [-0.4, -0.2) is 16.5 Å². The van der Waals surface area contributed by atoms with Crippen molar-refractivity contribution in [2.24, 2.45) is 5.84 Å². The molecule has 15 heavy (non-hydrogen) atoms. The second-order valence-electron chi connectivity index (χ2n) is 3.55. The van der Waals surface area contributed by atoms with E-state index in [0.29, 0.717) is 30.8 Å². The molecule has 2 rings (SSSR count). The second-order valence-corrected chi connectivity index (χ2v) is 3.55. The SMILES string of the molecule is NN1CCc2ncc(C(F)(F)F)cc2C1. The van der Waals surface area contributed by atoms with Crippen molar-refractivity contribution >= 4 is 0 Å². The molecule has 0 atom stereocenters. The van der Waals surface area contributed by atoms with Gasteiger partial charge in [0.05, 0.1) is 5.56 Å². The van der Waals surface area contributed by atoms with Gasteiger partial charge in [0.1, 0.15) is 0 Å². The Labute approximate surface area is 84.7 Å². The van der Waals surface area contributed by atoms with Crippen LogP contribution < -0.4 is 5.84 Å². The third-order valence-electron chi connectivity index (χ3n) is 2.40. The van der Waals surface area contributed by atoms with E-state index in [-0.39, 0.29) is 0 Å². The van der Waals surface area contributed by atoms with E-state index in [9.17, 15) is 13.2 Å². The zero-order chi connectivity index (χ0) is 11.1. The van der Waals surface area contributed by atoms with E-state index >= 15 is 0 Å². The van der Waals surface area contributed by atoms with E-state index in [1.165, 1.54) is 5.01 Å². The molecule has 6 heteroatoms. The highest BCUT2D eigenvalue weighted by molar-refractivity contribution is 5.28. The van der Waals surface area contributed by atoms with Crippen LogP contribution in [0.15, 0.2) is 12.3 Å². The third kappa shape index (κ3) is 2.10. The molecule has 0 unspecified atom stereocenters. The maximum Gasteiger partial charge on any atom is 0.417 e. The highest BCUT2D eigenvalue weighted by atomic mass is 19.4. The van der Waals surface area contributed by atoms with E-state index in [1.807, 2.05) is 0 Å². The molecular formula is C9H10F3N3. The molecule has 0 aliphatic carbocycles. The van der Waals surface area contributed by atoms with E-state index in [0.717, 1.165) is 12.3 Å². The molecule has 0 bridgehead atoms. The van der Waals surface area contributed by atoms with E-state index in [4.69, 9.17) is 5.84 Å². The van der Waals surface area contributed by atoms with Crippen molar-refractivity contribution in [3.05, 3.63) is 29.1 Å². The summed E-state index contributed by atoms with van der Waals surface area (Å²) in [5, 5.41) is 1.49. The van der Waals surface area contributed by atoms with Crippen molar-refractivity contribution in [1.82, 2.24) is 9.99 Å². The van der Waals surface area contributed by atoms with Gasteiger partial charge in [0.15, 0.2) is 0 Å². The summed E-state index contributed by atoms with van der Waals surface area (Å²) >= 11 is 0. The van der Waals surface area contributed by atoms with Crippen LogP contribution in [0.25, 0.3) is 0 Å². The first-order valence-electron chi connectivity index (χ1n) is 4.51. The number of hydrogen-bond donors (Lipinski definition) is 1. The summed E-state index contributed by atoms with van der Waals surface area (Å²) in [6.45, 7) is 0.956. The number of hydrogen-bond acceptors (Lipinski definition) is 3. The molecule has 1 aromatic rings. The fraction of sp³-hybridized carbons (Fsp3) is 0.444. The van der Waals surface area contributed by atoms with Gasteiger partial charge in [-0.15, -0.1) is 0 Å². The van der Waals surface area contributed by atoms with Gasteiger partial charge in [-0.2, -0.15) is 13.2 Å². The molecule has 2 heterocycles. The van der Waals surface area contributed by atoms with Crippen LogP contribution in [0.3, 0.4) is 0 Å². The Hall–Kier alpha value is -1.14. The summed E-state index contributed by atoms with van der Waals surface area (Å²) in [6.07, 6.45) is -2.85. The lowest BCUT2D eigenvalue weighted by atomic mass is 10.0. The van der Waals surface area contributed by atoms with Crippen LogP contribution >= 0.6 is 0 Å². The van der Waals surface area contributed by atoms with Gasteiger partial charge in [0.25, 0.3) is 0 Å². The van der Waals surface area contributed by atoms with Crippen LogP contribution in [0.4, 0.5) is 13.2 Å². The monoisotopic (exact) mass is 217 g/mol. The standard InChI is InChI=1S/C9H10F3N3/c10-9(11,12)7-3-6-5-15(13)2-1-8(6)14-4-7/h3-4H,1-2,5,13H2. The lowest BCUT2D eigenvalue weighted by molar-refractivity contribution is -0.137. The molecule has 82 valence electrons. The Bertz CT molecular complexity index is 375. The molecule has 1 aliphatic heterocycles. The number of aromatic nitrogens is 1. The highest BCUT2D eigenvalue weighted by Crippen LogP contribution is 2.30. The van der Waals surface area contributed by atoms with Gasteiger partial charge in [-0.1, -0.05) is 0 Å². The Balaban J connectivity index is 2.37. The van der Waals surface area contributed by atoms with Gasteiger partial charge < -0.3 is 0 Å². The molecule has 0 amide bonds. The summed E-state index contributed by atoms with van der Waals surface area (Å²) in [4.78, 5) is 3.82. The van der Waals surface area contributed by atoms with Gasteiger partial charge in [-0.3, -0.25) is 10.8 Å². The molecule has 0 saturated carbocycles. The topological polar surface area (TPSA) is 42.1 Å². The molecule has 0 aromatic carbocycles. The predicted octanol–water partition coefficient (Wildman–Crippen LogP) is 1.33. The Morgan fingerprint density at radius 3 is 2.80 bits per heavy atom. The van der Waals surface area contributed by atoms with E-state index in [2.05, 4.69) is 4.98 Å². The maximum atomic E-state index is 12.4. The second kappa shape index (κ2) is 3.46. The number of nitrogens with two attached hydrogens (primary N) is 1. The van der Waals surface area contributed by atoms with Crippen molar-refractivity contribution in [2.45, 2.75) is 19.1 Å². The number of alkyl halides is 3. The van der Waals surface area contributed by atoms with Crippen LogP contribution in [0.1, 0.15) is 16.8 Å². The Morgan fingerprint density at radius 2 is 2.13 bits per heavy atom. The quantitative estimate of drug-likeness (QED) is 0.666. The smallest absolute Gasteiger partial charge is 0.268 e. The Kier molecular flexibility index (Phi) is 2.40. The maximum absolute atomic E-state index is 12.4. The number of hydrazine groups is 1. The zero-order valence-corrected chi connectivity index (χ0v) is 7.88. The summed E-state index contributed by atoms with van der Waals surface area (Å²) in [5.74, 6) is 5.53. The first kappa shape index (κ1) is 10.4. The van der Waals surface area contributed by atoms with Gasteiger partial charge >= 0.3 is 6.18 Å². The third-order valence-corrected chi connectivity index (χ3v) is 2.40. The molecular weight excluding hydrogens is 207 g/mol.